The van der Waals surface area contributed by atoms with Gasteiger partial charge in [-0.15, -0.1) is 0 Å². The number of ketones is 1. The number of carbonyl (C=O) groups is 2. The molecule has 3 heterocycles. The van der Waals surface area contributed by atoms with Crippen LogP contribution in [-0.4, -0.2) is 36.2 Å². The molecule has 5 rings (SSSR count). The lowest BCUT2D eigenvalue weighted by Crippen LogP contribution is -2.23. The Morgan fingerprint density at radius 3 is 2.74 bits per heavy atom. The van der Waals surface area contributed by atoms with Crippen LogP contribution in [0.1, 0.15) is 41.4 Å². The second kappa shape index (κ2) is 7.50. The first kappa shape index (κ1) is 19.2. The highest BCUT2D eigenvalue weighted by atomic mass is 16.7. The number of fused-ring (bicyclic) bond motifs is 4. The van der Waals surface area contributed by atoms with E-state index >= 15 is 0 Å². The zero-order valence-electron chi connectivity index (χ0n) is 17.2. The summed E-state index contributed by atoms with van der Waals surface area (Å²) in [7, 11) is 0. The molecular weight excluding hydrogens is 396 g/mol. The third-order valence-corrected chi connectivity index (χ3v) is 5.47. The van der Waals surface area contributed by atoms with E-state index in [2.05, 4.69) is 10.3 Å². The minimum absolute atomic E-state index is 0.0660. The molecule has 0 fully saturated rings. The normalized spacial score (nSPS) is 17.0. The lowest BCUT2D eigenvalue weighted by molar-refractivity contribution is -0.140. The molecule has 0 bridgehead atoms. The summed E-state index contributed by atoms with van der Waals surface area (Å²) >= 11 is 0. The molecule has 0 spiro atoms. The number of Topliss-reactive ketones (excluding diaryl/α,β-unsaturated/α-hetero) is 1. The number of ether oxygens (including phenoxy) is 3. The molecule has 7 heteroatoms. The number of hydrogen-bond acceptors (Lipinski definition) is 6. The number of carbonyl (C=O) groups excluding carboxylic acids is 2. The first-order chi connectivity index (χ1) is 15.0. The molecule has 2 aliphatic heterocycles. The Balaban J connectivity index is 1.61. The summed E-state index contributed by atoms with van der Waals surface area (Å²) in [4.78, 5) is 29.8. The van der Waals surface area contributed by atoms with Crippen LogP contribution in [-0.2, 0) is 9.53 Å². The molecule has 1 aromatic heterocycles. The van der Waals surface area contributed by atoms with Gasteiger partial charge in [-0.25, -0.2) is 4.79 Å². The van der Waals surface area contributed by atoms with Crippen LogP contribution in [0.25, 0.3) is 16.5 Å². The van der Waals surface area contributed by atoms with Crippen LogP contribution in [0, 0.1) is 0 Å². The average molecular weight is 418 g/mol. The summed E-state index contributed by atoms with van der Waals surface area (Å²) < 4.78 is 16.3. The number of esters is 1. The zero-order chi connectivity index (χ0) is 21.5. The van der Waals surface area contributed by atoms with Crippen LogP contribution in [0.5, 0.6) is 11.5 Å². The standard InChI is InChI=1S/C24H22N2O5/c1-13(2)31-24(28)17-11-25-10-16(21-15-5-3-4-6-18(15)26-22(17)21)23(27)14-7-8-19-20(9-14)30-12-29-19/h3-9,11,13,16,25-26H,10,12H2,1-2H3. The van der Waals surface area contributed by atoms with Gasteiger partial charge in [-0.05, 0) is 43.7 Å². The van der Waals surface area contributed by atoms with Gasteiger partial charge >= 0.3 is 5.97 Å². The molecule has 0 amide bonds. The lowest BCUT2D eigenvalue weighted by atomic mass is 9.87. The summed E-state index contributed by atoms with van der Waals surface area (Å²) in [6, 6.07) is 12.9. The highest BCUT2D eigenvalue weighted by Crippen LogP contribution is 2.38. The van der Waals surface area contributed by atoms with Gasteiger partial charge in [0.1, 0.15) is 0 Å². The van der Waals surface area contributed by atoms with Crippen molar-refractivity contribution in [3.05, 3.63) is 65.5 Å². The number of benzene rings is 2. The largest absolute Gasteiger partial charge is 0.459 e. The Bertz CT molecular complexity index is 1220. The maximum atomic E-state index is 13.6. The number of nitrogens with one attached hydrogen (secondary N) is 2. The van der Waals surface area contributed by atoms with E-state index in [-0.39, 0.29) is 18.7 Å². The summed E-state index contributed by atoms with van der Waals surface area (Å²) in [5.74, 6) is 0.178. The van der Waals surface area contributed by atoms with Gasteiger partial charge in [-0.2, -0.15) is 0 Å². The van der Waals surface area contributed by atoms with Crippen LogP contribution in [0.4, 0.5) is 0 Å². The van der Waals surface area contributed by atoms with Crippen LogP contribution >= 0.6 is 0 Å². The third-order valence-electron chi connectivity index (χ3n) is 5.47. The van der Waals surface area contributed by atoms with E-state index in [1.807, 2.05) is 24.3 Å². The predicted octanol–water partition coefficient (Wildman–Crippen LogP) is 3.76. The molecule has 1 unspecified atom stereocenters. The zero-order valence-corrected chi connectivity index (χ0v) is 17.2. The second-order valence-electron chi connectivity index (χ2n) is 7.86. The fourth-order valence-electron chi connectivity index (χ4n) is 4.10. The van der Waals surface area contributed by atoms with E-state index in [4.69, 9.17) is 14.2 Å². The van der Waals surface area contributed by atoms with E-state index < -0.39 is 11.9 Å². The highest BCUT2D eigenvalue weighted by molar-refractivity contribution is 6.19. The maximum absolute atomic E-state index is 13.6. The van der Waals surface area contributed by atoms with Gasteiger partial charge in [0.25, 0.3) is 0 Å². The molecule has 0 saturated carbocycles. The lowest BCUT2D eigenvalue weighted by Gasteiger charge is -2.16. The summed E-state index contributed by atoms with van der Waals surface area (Å²) in [5.41, 5.74) is 3.16. The molecule has 31 heavy (non-hydrogen) atoms. The van der Waals surface area contributed by atoms with E-state index in [1.54, 1.807) is 38.2 Å². The van der Waals surface area contributed by atoms with Crippen molar-refractivity contribution in [3.63, 3.8) is 0 Å². The molecule has 3 aromatic rings. The predicted molar refractivity (Wildman–Crippen MR) is 115 cm³/mol. The third kappa shape index (κ3) is 3.32. The Hall–Kier alpha value is -3.74. The molecule has 2 N–H and O–H groups in total. The monoisotopic (exact) mass is 418 g/mol. The van der Waals surface area contributed by atoms with Crippen molar-refractivity contribution in [1.82, 2.24) is 10.3 Å². The molecule has 7 nitrogen and oxygen atoms in total. The highest BCUT2D eigenvalue weighted by Gasteiger charge is 2.33. The summed E-state index contributed by atoms with van der Waals surface area (Å²) in [6.07, 6.45) is 1.38. The van der Waals surface area contributed by atoms with Crippen LogP contribution < -0.4 is 14.8 Å². The minimum Gasteiger partial charge on any atom is -0.459 e. The number of para-hydroxylation sites is 1. The number of aromatic nitrogens is 1. The van der Waals surface area contributed by atoms with Crippen molar-refractivity contribution < 1.29 is 23.8 Å². The smallest absolute Gasteiger partial charge is 0.342 e. The molecule has 2 aromatic carbocycles. The van der Waals surface area contributed by atoms with Crippen LogP contribution in [0.15, 0.2) is 48.7 Å². The first-order valence-electron chi connectivity index (χ1n) is 10.2. The Labute approximate surface area is 179 Å². The fraction of sp³-hybridized carbons (Fsp3) is 0.250. The van der Waals surface area contributed by atoms with Crippen molar-refractivity contribution >= 4 is 28.2 Å². The summed E-state index contributed by atoms with van der Waals surface area (Å²) in [6.45, 7) is 4.11. The van der Waals surface area contributed by atoms with Crippen molar-refractivity contribution in [2.24, 2.45) is 0 Å². The van der Waals surface area contributed by atoms with Crippen molar-refractivity contribution in [1.29, 1.82) is 0 Å². The second-order valence-corrected chi connectivity index (χ2v) is 7.86. The molecular formula is C24H22N2O5. The molecule has 0 aliphatic carbocycles. The topological polar surface area (TPSA) is 89.7 Å². The van der Waals surface area contributed by atoms with Crippen molar-refractivity contribution in [2.75, 3.05) is 13.3 Å². The van der Waals surface area contributed by atoms with E-state index in [0.717, 1.165) is 16.5 Å². The first-order valence-corrected chi connectivity index (χ1v) is 10.2. The van der Waals surface area contributed by atoms with Gasteiger partial charge in [-0.3, -0.25) is 4.79 Å². The van der Waals surface area contributed by atoms with E-state index in [1.165, 1.54) is 0 Å². The van der Waals surface area contributed by atoms with Gasteiger partial charge in [0.15, 0.2) is 17.3 Å². The van der Waals surface area contributed by atoms with E-state index in [0.29, 0.717) is 34.9 Å². The van der Waals surface area contributed by atoms with Gasteiger partial charge in [0.2, 0.25) is 6.79 Å². The summed E-state index contributed by atoms with van der Waals surface area (Å²) in [5, 5.41) is 4.05. The molecule has 158 valence electrons. The van der Waals surface area contributed by atoms with E-state index in [9.17, 15) is 9.59 Å². The van der Waals surface area contributed by atoms with Crippen LogP contribution in [0.2, 0.25) is 0 Å². The number of H-pyrrole nitrogens is 1. The van der Waals surface area contributed by atoms with Gasteiger partial charge < -0.3 is 24.5 Å². The van der Waals surface area contributed by atoms with Gasteiger partial charge in [-0.1, -0.05) is 18.2 Å². The number of aromatic amines is 1. The maximum Gasteiger partial charge on any atom is 0.342 e. The molecule has 0 radical (unpaired) electrons. The SMILES string of the molecule is CC(C)OC(=O)C1=CNCC(C(=O)c2ccc3c(c2)OCO3)c2c1[nH]c1ccccc21. The minimum atomic E-state index is -0.507. The Kier molecular flexibility index (Phi) is 4.66. The quantitative estimate of drug-likeness (QED) is 0.495. The van der Waals surface area contributed by atoms with Gasteiger partial charge in [0.05, 0.1) is 23.3 Å². The molecule has 2 aliphatic rings. The average Bonchev–Trinajstić information content (AvgIpc) is 3.32. The fourth-order valence-corrected chi connectivity index (χ4v) is 4.10. The van der Waals surface area contributed by atoms with Crippen LogP contribution in [0.3, 0.4) is 0 Å². The number of hydrogen-bond donors (Lipinski definition) is 2. The van der Waals surface area contributed by atoms with Crippen molar-refractivity contribution in [2.45, 2.75) is 25.9 Å². The number of rotatable bonds is 4. The molecule has 1 atom stereocenters. The van der Waals surface area contributed by atoms with Gasteiger partial charge in [0, 0.05) is 29.2 Å². The Morgan fingerprint density at radius 2 is 1.90 bits per heavy atom. The van der Waals surface area contributed by atoms with Crippen molar-refractivity contribution in [3.8, 4) is 11.5 Å². The molecule has 0 saturated heterocycles. The Morgan fingerprint density at radius 1 is 1.10 bits per heavy atom.